The van der Waals surface area contributed by atoms with Crippen LogP contribution in [0, 0.1) is 39.0 Å². The zero-order valence-corrected chi connectivity index (χ0v) is 40.1. The fourth-order valence-electron chi connectivity index (χ4n) is 11.4. The van der Waals surface area contributed by atoms with Gasteiger partial charge in [-0.3, -0.25) is 0 Å². The van der Waals surface area contributed by atoms with Crippen LogP contribution in [0.5, 0.6) is 23.0 Å². The molecular weight excluding hydrogens is 883 g/mol. The normalized spacial score (nSPS) is 12.6. The van der Waals surface area contributed by atoms with Crippen molar-refractivity contribution in [1.82, 2.24) is 9.13 Å². The van der Waals surface area contributed by atoms with E-state index in [0.717, 1.165) is 122 Å². The minimum Gasteiger partial charge on any atom is -0.453 e. The number of hydrogen-bond donors (Lipinski definition) is 0. The number of aromatic nitrogens is 2. The Morgan fingerprint density at radius 3 is 0.972 bits per heavy atom. The van der Waals surface area contributed by atoms with Gasteiger partial charge in [-0.1, -0.05) is 125 Å². The number of fused-ring (bicyclic) bond motifs is 10. The summed E-state index contributed by atoms with van der Waals surface area (Å²) in [4.78, 5) is 4.69. The van der Waals surface area contributed by atoms with E-state index in [2.05, 4.69) is 204 Å². The molecule has 0 radical (unpaired) electrons. The fourth-order valence-corrected chi connectivity index (χ4v) is 11.4. The lowest BCUT2D eigenvalue weighted by molar-refractivity contribution is 0.477. The molecule has 0 spiro atoms. The van der Waals surface area contributed by atoms with Gasteiger partial charge in [0, 0.05) is 27.1 Å². The van der Waals surface area contributed by atoms with Gasteiger partial charge in [0.15, 0.2) is 23.0 Å². The number of anilines is 6. The molecule has 342 valence electrons. The third kappa shape index (κ3) is 6.03. The van der Waals surface area contributed by atoms with Crippen LogP contribution < -0.4 is 19.3 Å². The van der Waals surface area contributed by atoms with Crippen molar-refractivity contribution in [2.45, 2.75) is 27.7 Å². The minimum atomic E-state index is 0.488. The second kappa shape index (κ2) is 15.8. The number of nitriles is 1. The van der Waals surface area contributed by atoms with Crippen molar-refractivity contribution in [3.63, 3.8) is 0 Å². The number of rotatable bonds is 5. The smallest absolute Gasteiger partial charge is 0.151 e. The Balaban J connectivity index is 1.32. The summed E-state index contributed by atoms with van der Waals surface area (Å²) >= 11 is 0. The molecule has 0 saturated carbocycles. The number of para-hydroxylation sites is 8. The van der Waals surface area contributed by atoms with Crippen molar-refractivity contribution in [3.05, 3.63) is 228 Å². The Hall–Kier alpha value is -9.51. The molecule has 10 aromatic carbocycles. The first-order valence-electron chi connectivity index (χ1n) is 24.4. The zero-order chi connectivity index (χ0) is 48.4. The first-order valence-corrected chi connectivity index (χ1v) is 24.4. The van der Waals surface area contributed by atoms with Gasteiger partial charge in [0.2, 0.25) is 0 Å². The molecule has 7 heteroatoms. The van der Waals surface area contributed by atoms with Crippen molar-refractivity contribution in [3.8, 4) is 51.6 Å². The molecule has 12 aromatic rings. The molecule has 2 aromatic heterocycles. The second-order valence-electron chi connectivity index (χ2n) is 19.1. The van der Waals surface area contributed by atoms with E-state index >= 15 is 0 Å². The Labute approximate surface area is 416 Å². The molecule has 0 unspecified atom stereocenters. The molecule has 0 saturated heterocycles. The van der Waals surface area contributed by atoms with E-state index in [9.17, 15) is 5.26 Å². The average molecular weight is 928 g/mol. The molecule has 0 atom stereocenters. The lowest BCUT2D eigenvalue weighted by atomic mass is 9.91. The molecule has 4 heterocycles. The van der Waals surface area contributed by atoms with E-state index in [1.165, 1.54) is 0 Å². The van der Waals surface area contributed by atoms with Gasteiger partial charge in [-0.2, -0.15) is 5.26 Å². The van der Waals surface area contributed by atoms with Crippen LogP contribution in [0.4, 0.5) is 34.1 Å². The molecule has 0 N–H and O–H groups in total. The highest BCUT2D eigenvalue weighted by atomic mass is 16.5. The lowest BCUT2D eigenvalue weighted by Gasteiger charge is -2.40. The summed E-state index contributed by atoms with van der Waals surface area (Å²) in [6.45, 7) is 8.60. The van der Waals surface area contributed by atoms with Crippen molar-refractivity contribution < 1.29 is 9.47 Å². The van der Waals surface area contributed by atoms with Crippen molar-refractivity contribution in [2.24, 2.45) is 0 Å². The fraction of sp³-hybridized carbons (Fsp3) is 0.0615. The van der Waals surface area contributed by atoms with Crippen LogP contribution in [0.15, 0.2) is 200 Å². The van der Waals surface area contributed by atoms with Gasteiger partial charge in [0.05, 0.1) is 67.6 Å². The van der Waals surface area contributed by atoms with Crippen molar-refractivity contribution in [1.29, 1.82) is 5.26 Å². The summed E-state index contributed by atoms with van der Waals surface area (Å²) in [6.07, 6.45) is 0. The monoisotopic (exact) mass is 927 g/mol. The summed E-state index contributed by atoms with van der Waals surface area (Å²) in [5, 5.41) is 17.2. The van der Waals surface area contributed by atoms with E-state index in [0.29, 0.717) is 28.6 Å². The van der Waals surface area contributed by atoms with Gasteiger partial charge >= 0.3 is 0 Å². The molecule has 2 aliphatic rings. The number of aryl methyl sites for hydroxylation is 4. The van der Waals surface area contributed by atoms with E-state index < -0.39 is 0 Å². The molecule has 0 fully saturated rings. The van der Waals surface area contributed by atoms with E-state index in [-0.39, 0.29) is 0 Å². The maximum Gasteiger partial charge on any atom is 0.151 e. The quantitative estimate of drug-likeness (QED) is 0.172. The summed E-state index contributed by atoms with van der Waals surface area (Å²) in [5.74, 6) is 2.81. The number of hydrogen-bond acceptors (Lipinski definition) is 5. The van der Waals surface area contributed by atoms with Gasteiger partial charge < -0.3 is 28.4 Å². The predicted octanol–water partition coefficient (Wildman–Crippen LogP) is 17.8. The Bertz CT molecular complexity index is 3850. The molecule has 72 heavy (non-hydrogen) atoms. The third-order valence-corrected chi connectivity index (χ3v) is 14.5. The van der Waals surface area contributed by atoms with Gasteiger partial charge in [0.1, 0.15) is 11.6 Å². The van der Waals surface area contributed by atoms with E-state index in [1.54, 1.807) is 0 Å². The predicted molar refractivity (Wildman–Crippen MR) is 294 cm³/mol. The first-order chi connectivity index (χ1) is 35.3. The van der Waals surface area contributed by atoms with Gasteiger partial charge in [-0.25, -0.2) is 0 Å². The number of nitrogens with zero attached hydrogens (tertiary/aromatic N) is 5. The van der Waals surface area contributed by atoms with Crippen molar-refractivity contribution >= 4 is 77.7 Å². The van der Waals surface area contributed by atoms with Gasteiger partial charge in [-0.15, -0.1) is 0 Å². The molecule has 0 amide bonds. The third-order valence-electron chi connectivity index (χ3n) is 14.5. The Morgan fingerprint density at radius 1 is 0.347 bits per heavy atom. The summed E-state index contributed by atoms with van der Waals surface area (Å²) < 4.78 is 18.4. The molecule has 14 rings (SSSR count). The van der Waals surface area contributed by atoms with Gasteiger partial charge in [-0.05, 0) is 130 Å². The number of benzene rings is 10. The van der Waals surface area contributed by atoms with Gasteiger partial charge in [0.25, 0.3) is 0 Å². The highest BCUT2D eigenvalue weighted by Crippen LogP contribution is 2.62. The maximum atomic E-state index is 12.8. The molecule has 2 aliphatic heterocycles. The van der Waals surface area contributed by atoms with Crippen LogP contribution in [-0.4, -0.2) is 9.13 Å². The standard InChI is InChI=1S/C65H45N5O2/c1-39-26-30-49-44(34-39)45-35-40(2)27-31-50(45)67(49)62-48(38-66)63(68-51-32-28-41(3)36-46(51)47-37-42(4)29-33-52(47)68)65(70-55-20-10-14-24-59(55)72-60-25-15-11-21-56(60)70)61(43-16-6-5-7-17-43)64(62)69-53-18-8-12-22-57(53)71-58-23-13-9-19-54(58)69/h5-37H,1-4H3. The first kappa shape index (κ1) is 41.5. The largest absolute Gasteiger partial charge is 0.453 e. The average Bonchev–Trinajstić information content (AvgIpc) is 3.89. The van der Waals surface area contributed by atoms with Crippen LogP contribution in [0.1, 0.15) is 27.8 Å². The van der Waals surface area contributed by atoms with Crippen LogP contribution >= 0.6 is 0 Å². The molecule has 0 aliphatic carbocycles. The van der Waals surface area contributed by atoms with Crippen molar-refractivity contribution in [2.75, 3.05) is 9.80 Å². The molecular formula is C65H45N5O2. The second-order valence-corrected chi connectivity index (χ2v) is 19.1. The van der Waals surface area contributed by atoms with E-state index in [4.69, 9.17) is 9.47 Å². The minimum absolute atomic E-state index is 0.488. The zero-order valence-electron chi connectivity index (χ0n) is 40.1. The summed E-state index contributed by atoms with van der Waals surface area (Å²) in [7, 11) is 0. The Kier molecular flexibility index (Phi) is 9.07. The highest BCUT2D eigenvalue weighted by molar-refractivity contribution is 6.17. The summed E-state index contributed by atoms with van der Waals surface area (Å²) in [6, 6.07) is 73.4. The van der Waals surface area contributed by atoms with Crippen LogP contribution in [0.2, 0.25) is 0 Å². The lowest BCUT2D eigenvalue weighted by Crippen LogP contribution is -2.24. The molecule has 7 nitrogen and oxygen atoms in total. The maximum absolute atomic E-state index is 12.8. The van der Waals surface area contributed by atoms with Crippen LogP contribution in [0.3, 0.4) is 0 Å². The molecule has 0 bridgehead atoms. The topological polar surface area (TPSA) is 58.6 Å². The van der Waals surface area contributed by atoms with E-state index in [1.807, 2.05) is 48.5 Å². The van der Waals surface area contributed by atoms with Crippen LogP contribution in [-0.2, 0) is 0 Å². The Morgan fingerprint density at radius 2 is 0.653 bits per heavy atom. The SMILES string of the molecule is Cc1ccc2c(c1)c1cc(C)ccc1n2-c1c(C#N)c(-n2c3ccc(C)cc3c3cc(C)ccc32)c(N2c3ccccc3Oc3ccccc32)c(-c2ccccc2)c1N1c2ccccc2Oc2ccccc21. The highest BCUT2D eigenvalue weighted by Gasteiger charge is 2.40. The number of ether oxygens (including phenoxy) is 2. The van der Waals surface area contributed by atoms with Crippen LogP contribution in [0.25, 0.3) is 66.1 Å². The summed E-state index contributed by atoms with van der Waals surface area (Å²) in [5.41, 5.74) is 17.4.